The lowest BCUT2D eigenvalue weighted by Gasteiger charge is -2.30. The van der Waals surface area contributed by atoms with Gasteiger partial charge in [0, 0.05) is 30.4 Å². The van der Waals surface area contributed by atoms with E-state index in [1.165, 1.54) is 17.7 Å². The molecule has 1 unspecified atom stereocenters. The van der Waals surface area contributed by atoms with Crippen molar-refractivity contribution in [2.75, 3.05) is 18.0 Å². The molecule has 1 fully saturated rings. The molecule has 19 heavy (non-hydrogen) atoms. The molecule has 1 saturated heterocycles. The van der Waals surface area contributed by atoms with Crippen molar-refractivity contribution in [3.8, 4) is 11.4 Å². The Morgan fingerprint density at radius 1 is 1.37 bits per heavy atom. The molecule has 4 nitrogen and oxygen atoms in total. The van der Waals surface area contributed by atoms with E-state index < -0.39 is 0 Å². The number of aryl methyl sites for hydroxylation is 1. The monoisotopic (exact) mass is 274 g/mol. The van der Waals surface area contributed by atoms with Crippen molar-refractivity contribution in [3.05, 3.63) is 23.5 Å². The fraction of sp³-hybridized carbons (Fsp3) is 0.500. The molecule has 0 amide bonds. The Morgan fingerprint density at radius 3 is 3.00 bits per heavy atom. The van der Waals surface area contributed by atoms with Crippen LogP contribution >= 0.6 is 11.3 Å². The number of rotatable bonds is 2. The molecule has 1 aliphatic heterocycles. The summed E-state index contributed by atoms with van der Waals surface area (Å²) in [7, 11) is 0. The van der Waals surface area contributed by atoms with Crippen molar-refractivity contribution >= 4 is 16.5 Å². The number of aromatic nitrogens is 3. The predicted octanol–water partition coefficient (Wildman–Crippen LogP) is 3.14. The van der Waals surface area contributed by atoms with Crippen LogP contribution in [-0.2, 0) is 0 Å². The highest BCUT2D eigenvalue weighted by atomic mass is 32.1. The number of thiazole rings is 1. The number of anilines is 1. The summed E-state index contributed by atoms with van der Waals surface area (Å²) >= 11 is 1.76. The largest absolute Gasteiger partial charge is 0.348 e. The van der Waals surface area contributed by atoms with Crippen molar-refractivity contribution in [2.45, 2.75) is 26.7 Å². The Labute approximate surface area is 117 Å². The molecular weight excluding hydrogens is 256 g/mol. The van der Waals surface area contributed by atoms with E-state index in [0.717, 1.165) is 35.5 Å². The van der Waals surface area contributed by atoms with E-state index in [4.69, 9.17) is 4.98 Å². The number of hydrogen-bond donors (Lipinski definition) is 0. The van der Waals surface area contributed by atoms with Crippen LogP contribution in [0.4, 0.5) is 5.13 Å². The normalized spacial score (nSPS) is 19.7. The van der Waals surface area contributed by atoms with Crippen LogP contribution < -0.4 is 4.90 Å². The van der Waals surface area contributed by atoms with E-state index in [-0.39, 0.29) is 0 Å². The van der Waals surface area contributed by atoms with Gasteiger partial charge in [0.05, 0.1) is 6.20 Å². The van der Waals surface area contributed by atoms with Gasteiger partial charge in [-0.15, -0.1) is 11.3 Å². The van der Waals surface area contributed by atoms with E-state index in [1.54, 1.807) is 29.9 Å². The molecule has 0 N–H and O–H groups in total. The second-order valence-electron chi connectivity index (χ2n) is 5.19. The molecule has 0 saturated carbocycles. The molecule has 5 heteroatoms. The summed E-state index contributed by atoms with van der Waals surface area (Å²) in [4.78, 5) is 16.9. The van der Waals surface area contributed by atoms with Gasteiger partial charge in [-0.25, -0.2) is 4.98 Å². The Bertz CT molecular complexity index is 552. The first-order chi connectivity index (χ1) is 9.24. The first-order valence-corrected chi connectivity index (χ1v) is 7.54. The highest BCUT2D eigenvalue weighted by molar-refractivity contribution is 7.16. The molecule has 2 aromatic rings. The molecule has 0 aliphatic carbocycles. The molecule has 3 heterocycles. The van der Waals surface area contributed by atoms with Gasteiger partial charge >= 0.3 is 0 Å². The first kappa shape index (κ1) is 12.5. The Kier molecular flexibility index (Phi) is 3.46. The molecule has 2 aromatic heterocycles. The highest BCUT2D eigenvalue weighted by Crippen LogP contribution is 2.33. The molecule has 0 aromatic carbocycles. The fourth-order valence-corrected chi connectivity index (χ4v) is 3.49. The summed E-state index contributed by atoms with van der Waals surface area (Å²) in [5.74, 6) is 0.762. The maximum Gasteiger partial charge on any atom is 0.186 e. The van der Waals surface area contributed by atoms with Crippen LogP contribution in [0.2, 0.25) is 0 Å². The lowest BCUT2D eigenvalue weighted by Crippen LogP contribution is -2.34. The third kappa shape index (κ3) is 2.61. The second kappa shape index (κ2) is 5.25. The third-order valence-electron chi connectivity index (χ3n) is 3.52. The zero-order chi connectivity index (χ0) is 13.2. The van der Waals surface area contributed by atoms with Crippen molar-refractivity contribution < 1.29 is 0 Å². The lowest BCUT2D eigenvalue weighted by molar-refractivity contribution is 0.446. The van der Waals surface area contributed by atoms with Crippen molar-refractivity contribution in [2.24, 2.45) is 5.92 Å². The Morgan fingerprint density at radius 2 is 2.26 bits per heavy atom. The molecule has 1 aliphatic rings. The zero-order valence-electron chi connectivity index (χ0n) is 11.3. The predicted molar refractivity (Wildman–Crippen MR) is 78.5 cm³/mol. The minimum absolute atomic E-state index is 0.762. The topological polar surface area (TPSA) is 41.9 Å². The van der Waals surface area contributed by atoms with Crippen LogP contribution in [0, 0.1) is 12.8 Å². The summed E-state index contributed by atoms with van der Waals surface area (Å²) in [5, 5.41) is 1.13. The van der Waals surface area contributed by atoms with Crippen LogP contribution in [0.15, 0.2) is 18.6 Å². The average molecular weight is 274 g/mol. The van der Waals surface area contributed by atoms with Crippen LogP contribution in [0.3, 0.4) is 0 Å². The number of hydrogen-bond acceptors (Lipinski definition) is 5. The van der Waals surface area contributed by atoms with Gasteiger partial charge in [0.1, 0.15) is 11.4 Å². The molecule has 0 bridgehead atoms. The summed E-state index contributed by atoms with van der Waals surface area (Å²) in [6.45, 7) is 6.67. The van der Waals surface area contributed by atoms with Crippen LogP contribution in [0.1, 0.15) is 24.6 Å². The number of piperidine rings is 1. The van der Waals surface area contributed by atoms with Crippen LogP contribution in [0.25, 0.3) is 11.4 Å². The van der Waals surface area contributed by atoms with Crippen molar-refractivity contribution in [3.63, 3.8) is 0 Å². The van der Waals surface area contributed by atoms with Crippen molar-refractivity contribution in [1.82, 2.24) is 15.0 Å². The van der Waals surface area contributed by atoms with E-state index in [2.05, 4.69) is 28.7 Å². The SMILES string of the molecule is Cc1sc(N2CCCC(C)C2)nc1-c1cnccn1. The molecule has 0 radical (unpaired) electrons. The van der Waals surface area contributed by atoms with Gasteiger partial charge in [-0.05, 0) is 25.7 Å². The quantitative estimate of drug-likeness (QED) is 0.843. The maximum atomic E-state index is 4.78. The van der Waals surface area contributed by atoms with Gasteiger partial charge in [-0.3, -0.25) is 9.97 Å². The second-order valence-corrected chi connectivity index (χ2v) is 6.37. The summed E-state index contributed by atoms with van der Waals surface area (Å²) in [6.07, 6.45) is 7.79. The minimum atomic E-state index is 0.762. The van der Waals surface area contributed by atoms with Crippen LogP contribution in [0.5, 0.6) is 0 Å². The van der Waals surface area contributed by atoms with Gasteiger partial charge in [0.15, 0.2) is 5.13 Å². The average Bonchev–Trinajstić information content (AvgIpc) is 2.82. The molecule has 3 rings (SSSR count). The smallest absolute Gasteiger partial charge is 0.186 e. The van der Waals surface area contributed by atoms with Crippen LogP contribution in [-0.4, -0.2) is 28.0 Å². The van der Waals surface area contributed by atoms with E-state index in [0.29, 0.717) is 0 Å². The van der Waals surface area contributed by atoms with Gasteiger partial charge in [0.2, 0.25) is 0 Å². The molecule has 100 valence electrons. The number of nitrogens with zero attached hydrogens (tertiary/aromatic N) is 4. The molecular formula is C14H18N4S. The summed E-state index contributed by atoms with van der Waals surface area (Å²) < 4.78 is 0. The van der Waals surface area contributed by atoms with E-state index >= 15 is 0 Å². The standard InChI is InChI=1S/C14H18N4S/c1-10-4-3-7-18(9-10)14-17-13(11(2)19-14)12-8-15-5-6-16-12/h5-6,8,10H,3-4,7,9H2,1-2H3. The lowest BCUT2D eigenvalue weighted by atomic mass is 10.0. The van der Waals surface area contributed by atoms with Gasteiger partial charge in [0.25, 0.3) is 0 Å². The third-order valence-corrected chi connectivity index (χ3v) is 4.55. The van der Waals surface area contributed by atoms with Gasteiger partial charge in [-0.1, -0.05) is 6.92 Å². The fourth-order valence-electron chi connectivity index (χ4n) is 2.54. The van der Waals surface area contributed by atoms with E-state index in [9.17, 15) is 0 Å². The zero-order valence-corrected chi connectivity index (χ0v) is 12.2. The Hall–Kier alpha value is -1.49. The summed E-state index contributed by atoms with van der Waals surface area (Å²) in [5.41, 5.74) is 1.85. The summed E-state index contributed by atoms with van der Waals surface area (Å²) in [6, 6.07) is 0. The van der Waals surface area contributed by atoms with E-state index in [1.807, 2.05) is 0 Å². The first-order valence-electron chi connectivity index (χ1n) is 6.73. The minimum Gasteiger partial charge on any atom is -0.348 e. The maximum absolute atomic E-state index is 4.78. The molecule has 0 spiro atoms. The highest BCUT2D eigenvalue weighted by Gasteiger charge is 2.21. The van der Waals surface area contributed by atoms with Crippen molar-refractivity contribution in [1.29, 1.82) is 0 Å². The Balaban J connectivity index is 1.89. The molecule has 1 atom stereocenters. The van der Waals surface area contributed by atoms with Gasteiger partial charge in [-0.2, -0.15) is 0 Å². The van der Waals surface area contributed by atoms with Gasteiger partial charge < -0.3 is 4.90 Å².